The monoisotopic (exact) mass is 344 g/mol. The Hall–Kier alpha value is -2.44. The summed E-state index contributed by atoms with van der Waals surface area (Å²) in [4.78, 5) is 16.3. The predicted molar refractivity (Wildman–Crippen MR) is 93.5 cm³/mol. The molecule has 2 heterocycles. The van der Waals surface area contributed by atoms with E-state index in [1.165, 1.54) is 17.4 Å². The molecule has 1 amide bonds. The van der Waals surface area contributed by atoms with Crippen LogP contribution >= 0.6 is 22.9 Å². The maximum atomic E-state index is 12.0. The first-order valence-electron chi connectivity index (χ1n) is 6.82. The van der Waals surface area contributed by atoms with Crippen LogP contribution in [-0.4, -0.2) is 21.1 Å². The molecule has 0 saturated carbocycles. The predicted octanol–water partition coefficient (Wildman–Crippen LogP) is 4.15. The Labute approximate surface area is 142 Å². The summed E-state index contributed by atoms with van der Waals surface area (Å²) in [7, 11) is 0. The van der Waals surface area contributed by atoms with Gasteiger partial charge in [0.25, 0.3) is 0 Å². The molecule has 0 radical (unpaired) electrons. The molecule has 7 heteroatoms. The number of halogens is 1. The van der Waals surface area contributed by atoms with Crippen molar-refractivity contribution in [2.75, 3.05) is 5.32 Å². The number of aromatic nitrogens is 3. The Kier molecular flexibility index (Phi) is 4.55. The van der Waals surface area contributed by atoms with Gasteiger partial charge in [0.05, 0.1) is 16.9 Å². The fourth-order valence-electron chi connectivity index (χ4n) is 2.04. The van der Waals surface area contributed by atoms with Gasteiger partial charge in [0.1, 0.15) is 5.82 Å². The summed E-state index contributed by atoms with van der Waals surface area (Å²) in [6, 6.07) is 7.36. The number of benzene rings is 1. The highest BCUT2D eigenvalue weighted by Gasteiger charge is 2.10. The number of nitrogens with one attached hydrogen (secondary N) is 2. The number of aromatic amines is 1. The number of H-pyrrole nitrogens is 1. The maximum Gasteiger partial charge on any atom is 0.249 e. The zero-order valence-electron chi connectivity index (χ0n) is 12.2. The standard InChI is InChI=1S/C16H13ClN4OS/c1-10-19-13(9-23-10)5-6-15(22)20-16-14(8-18-21-16)11-3-2-4-12(17)7-11/h2-9H,1H3,(H2,18,20,21,22)/b6-5-. The van der Waals surface area contributed by atoms with Gasteiger partial charge in [0, 0.05) is 22.0 Å². The van der Waals surface area contributed by atoms with Gasteiger partial charge in [0.2, 0.25) is 5.91 Å². The molecular weight excluding hydrogens is 332 g/mol. The first kappa shape index (κ1) is 15.5. The van der Waals surface area contributed by atoms with Crippen molar-refractivity contribution in [2.45, 2.75) is 6.92 Å². The van der Waals surface area contributed by atoms with Gasteiger partial charge in [0.15, 0.2) is 0 Å². The number of aryl methyl sites for hydroxylation is 1. The van der Waals surface area contributed by atoms with E-state index in [1.807, 2.05) is 30.5 Å². The van der Waals surface area contributed by atoms with E-state index in [2.05, 4.69) is 20.5 Å². The van der Waals surface area contributed by atoms with Crippen molar-refractivity contribution >= 4 is 40.7 Å². The Bertz CT molecular complexity index is 868. The summed E-state index contributed by atoms with van der Waals surface area (Å²) in [6.45, 7) is 1.92. The largest absolute Gasteiger partial charge is 0.307 e. The molecule has 0 saturated heterocycles. The number of hydrogen-bond acceptors (Lipinski definition) is 4. The molecule has 23 heavy (non-hydrogen) atoms. The topological polar surface area (TPSA) is 70.7 Å². The van der Waals surface area contributed by atoms with E-state index in [4.69, 9.17) is 11.6 Å². The molecule has 0 fully saturated rings. The summed E-state index contributed by atoms with van der Waals surface area (Å²) in [5.74, 6) is 0.263. The minimum absolute atomic E-state index is 0.261. The lowest BCUT2D eigenvalue weighted by molar-refractivity contribution is -0.111. The second-order valence-corrected chi connectivity index (χ2v) is 6.28. The van der Waals surface area contributed by atoms with Crippen LogP contribution in [0.5, 0.6) is 0 Å². The Morgan fingerprint density at radius 1 is 1.43 bits per heavy atom. The highest BCUT2D eigenvalue weighted by atomic mass is 35.5. The molecule has 116 valence electrons. The van der Waals surface area contributed by atoms with Crippen molar-refractivity contribution in [1.82, 2.24) is 15.2 Å². The highest BCUT2D eigenvalue weighted by Crippen LogP contribution is 2.27. The smallest absolute Gasteiger partial charge is 0.249 e. The van der Waals surface area contributed by atoms with Gasteiger partial charge >= 0.3 is 0 Å². The van der Waals surface area contributed by atoms with Crippen LogP contribution in [0.25, 0.3) is 17.2 Å². The van der Waals surface area contributed by atoms with E-state index in [0.29, 0.717) is 10.8 Å². The average Bonchev–Trinajstić information content (AvgIpc) is 3.14. The summed E-state index contributed by atoms with van der Waals surface area (Å²) in [6.07, 6.45) is 4.76. The molecule has 5 nitrogen and oxygen atoms in total. The van der Waals surface area contributed by atoms with Crippen LogP contribution in [0.3, 0.4) is 0 Å². The van der Waals surface area contributed by atoms with E-state index >= 15 is 0 Å². The quantitative estimate of drug-likeness (QED) is 0.698. The molecule has 0 aliphatic carbocycles. The van der Waals surface area contributed by atoms with E-state index < -0.39 is 0 Å². The fourth-order valence-corrected chi connectivity index (χ4v) is 2.81. The molecule has 2 aromatic heterocycles. The Morgan fingerprint density at radius 2 is 2.30 bits per heavy atom. The number of hydrogen-bond donors (Lipinski definition) is 2. The van der Waals surface area contributed by atoms with E-state index in [-0.39, 0.29) is 5.91 Å². The van der Waals surface area contributed by atoms with Gasteiger partial charge in [-0.25, -0.2) is 4.98 Å². The van der Waals surface area contributed by atoms with Crippen LogP contribution in [0.15, 0.2) is 41.9 Å². The number of amides is 1. The average molecular weight is 345 g/mol. The molecule has 0 atom stereocenters. The third kappa shape index (κ3) is 3.85. The number of thiazole rings is 1. The number of carbonyl (C=O) groups excluding carboxylic acids is 1. The number of anilines is 1. The molecule has 0 unspecified atom stereocenters. The lowest BCUT2D eigenvalue weighted by atomic mass is 10.1. The van der Waals surface area contributed by atoms with Gasteiger partial charge in [-0.1, -0.05) is 23.7 Å². The van der Waals surface area contributed by atoms with Gasteiger partial charge < -0.3 is 5.32 Å². The van der Waals surface area contributed by atoms with Gasteiger partial charge in [-0.05, 0) is 30.7 Å². The number of nitrogens with zero attached hydrogens (tertiary/aromatic N) is 2. The van der Waals surface area contributed by atoms with E-state index in [1.54, 1.807) is 18.3 Å². The zero-order chi connectivity index (χ0) is 16.2. The van der Waals surface area contributed by atoms with Crippen LogP contribution in [-0.2, 0) is 4.79 Å². The second kappa shape index (κ2) is 6.76. The van der Waals surface area contributed by atoms with Crippen LogP contribution in [0.2, 0.25) is 5.02 Å². The van der Waals surface area contributed by atoms with Crippen molar-refractivity contribution < 1.29 is 4.79 Å². The van der Waals surface area contributed by atoms with Crippen LogP contribution in [0.4, 0.5) is 5.82 Å². The molecule has 2 N–H and O–H groups in total. The first-order chi connectivity index (χ1) is 11.1. The minimum atomic E-state index is -0.261. The summed E-state index contributed by atoms with van der Waals surface area (Å²) in [5.41, 5.74) is 2.42. The fraction of sp³-hybridized carbons (Fsp3) is 0.0625. The lowest BCUT2D eigenvalue weighted by Gasteiger charge is -2.04. The van der Waals surface area contributed by atoms with E-state index in [0.717, 1.165) is 21.8 Å². The SMILES string of the molecule is Cc1nc(/C=C\C(=O)Nc2[nH]ncc2-c2cccc(Cl)c2)cs1. The molecule has 0 spiro atoms. The van der Waals surface area contributed by atoms with Gasteiger partial charge in [-0.3, -0.25) is 9.89 Å². The summed E-state index contributed by atoms with van der Waals surface area (Å²) < 4.78 is 0. The van der Waals surface area contributed by atoms with Crippen LogP contribution < -0.4 is 5.32 Å². The molecule has 3 aromatic rings. The highest BCUT2D eigenvalue weighted by molar-refractivity contribution is 7.09. The van der Waals surface area contributed by atoms with Crippen LogP contribution in [0, 0.1) is 6.92 Å². The van der Waals surface area contributed by atoms with Crippen molar-refractivity contribution in [2.24, 2.45) is 0 Å². The third-order valence-electron chi connectivity index (χ3n) is 3.07. The van der Waals surface area contributed by atoms with Crippen molar-refractivity contribution in [3.8, 4) is 11.1 Å². The van der Waals surface area contributed by atoms with Crippen LogP contribution in [0.1, 0.15) is 10.7 Å². The van der Waals surface area contributed by atoms with Gasteiger partial charge in [-0.15, -0.1) is 11.3 Å². The third-order valence-corrected chi connectivity index (χ3v) is 4.09. The van der Waals surface area contributed by atoms with E-state index in [9.17, 15) is 4.79 Å². The molecule has 0 aliphatic heterocycles. The summed E-state index contributed by atoms with van der Waals surface area (Å²) in [5, 5.41) is 13.0. The summed E-state index contributed by atoms with van der Waals surface area (Å²) >= 11 is 7.54. The molecule has 3 rings (SSSR count). The zero-order valence-corrected chi connectivity index (χ0v) is 13.8. The molecule has 1 aromatic carbocycles. The Balaban J connectivity index is 1.75. The Morgan fingerprint density at radius 3 is 3.04 bits per heavy atom. The normalized spacial score (nSPS) is 11.0. The van der Waals surface area contributed by atoms with Crippen molar-refractivity contribution in [1.29, 1.82) is 0 Å². The maximum absolute atomic E-state index is 12.0. The molecule has 0 aliphatic rings. The second-order valence-electron chi connectivity index (χ2n) is 4.78. The van der Waals surface area contributed by atoms with Crippen molar-refractivity contribution in [3.63, 3.8) is 0 Å². The minimum Gasteiger partial charge on any atom is -0.307 e. The first-order valence-corrected chi connectivity index (χ1v) is 8.08. The molecule has 0 bridgehead atoms. The van der Waals surface area contributed by atoms with Crippen molar-refractivity contribution in [3.05, 3.63) is 57.6 Å². The lowest BCUT2D eigenvalue weighted by Crippen LogP contribution is -2.09. The van der Waals surface area contributed by atoms with Gasteiger partial charge in [-0.2, -0.15) is 5.10 Å². The number of carbonyl (C=O) groups is 1. The molecular formula is C16H13ClN4OS. The number of rotatable bonds is 4.